The van der Waals surface area contributed by atoms with Gasteiger partial charge in [-0.05, 0) is 25.9 Å². The van der Waals surface area contributed by atoms with Gasteiger partial charge in [0.05, 0.1) is 0 Å². The number of hydrogen-bond donors (Lipinski definition) is 0. The van der Waals surface area contributed by atoms with E-state index in [-0.39, 0.29) is 12.4 Å². The van der Waals surface area contributed by atoms with Gasteiger partial charge in [0.1, 0.15) is 0 Å². The van der Waals surface area contributed by atoms with Crippen molar-refractivity contribution in [2.45, 2.75) is 91.5 Å². The average Bonchev–Trinajstić information content (AvgIpc) is 2.36. The molecule has 0 aliphatic rings. The van der Waals surface area contributed by atoms with E-state index in [1.807, 2.05) is 0 Å². The maximum Gasteiger partial charge on any atom is 0.00924 e. The number of nitrogens with zero attached hydrogens (tertiary/aromatic N) is 1. The topological polar surface area (TPSA) is 3.24 Å². The summed E-state index contributed by atoms with van der Waals surface area (Å²) in [6.45, 7) is 11.6. The molecule has 0 rings (SSSR count). The largest absolute Gasteiger partial charge is 0.301 e. The fourth-order valence-corrected chi connectivity index (χ4v) is 2.72. The second-order valence-corrected chi connectivity index (χ2v) is 5.19. The standard InChI is InChI=1S/C16H35N.ClH/c1-5-9-10-11-12-13-14-15-16(6-2)17(7-3)8-4;/h16H,5-15H2,1-4H3;1H. The van der Waals surface area contributed by atoms with E-state index in [0.717, 1.165) is 6.04 Å². The van der Waals surface area contributed by atoms with Crippen molar-refractivity contribution in [2.24, 2.45) is 0 Å². The number of hydrogen-bond acceptors (Lipinski definition) is 1. The van der Waals surface area contributed by atoms with Crippen molar-refractivity contribution in [1.82, 2.24) is 4.90 Å². The SMILES string of the molecule is CCCCCCCCCC(CC)N(CC)CC.Cl. The molecule has 2 heteroatoms. The number of halogens is 1. The minimum absolute atomic E-state index is 0. The van der Waals surface area contributed by atoms with E-state index in [2.05, 4.69) is 32.6 Å². The maximum absolute atomic E-state index is 2.62. The van der Waals surface area contributed by atoms with Crippen molar-refractivity contribution in [3.05, 3.63) is 0 Å². The molecule has 0 N–H and O–H groups in total. The lowest BCUT2D eigenvalue weighted by Gasteiger charge is -2.28. The monoisotopic (exact) mass is 277 g/mol. The Labute approximate surface area is 122 Å². The fourth-order valence-electron chi connectivity index (χ4n) is 2.72. The number of rotatable bonds is 12. The van der Waals surface area contributed by atoms with Crippen molar-refractivity contribution in [3.8, 4) is 0 Å². The summed E-state index contributed by atoms with van der Waals surface area (Å²) in [5.74, 6) is 0. The first-order chi connectivity index (χ1) is 8.29. The summed E-state index contributed by atoms with van der Waals surface area (Å²) in [4.78, 5) is 2.62. The van der Waals surface area contributed by atoms with Gasteiger partial charge in [-0.15, -0.1) is 12.4 Å². The van der Waals surface area contributed by atoms with E-state index in [1.54, 1.807) is 0 Å². The third-order valence-electron chi connectivity index (χ3n) is 3.94. The predicted octanol–water partition coefficient (Wildman–Crippen LogP) is 5.67. The Balaban J connectivity index is 0. The highest BCUT2D eigenvalue weighted by Crippen LogP contribution is 2.14. The Morgan fingerprint density at radius 1 is 0.722 bits per heavy atom. The van der Waals surface area contributed by atoms with E-state index in [0.29, 0.717) is 0 Å². The molecule has 0 fully saturated rings. The first-order valence-corrected chi connectivity index (χ1v) is 8.04. The molecule has 0 amide bonds. The highest BCUT2D eigenvalue weighted by atomic mass is 35.5. The minimum Gasteiger partial charge on any atom is -0.301 e. The van der Waals surface area contributed by atoms with Gasteiger partial charge in [-0.1, -0.05) is 72.6 Å². The van der Waals surface area contributed by atoms with Crippen LogP contribution < -0.4 is 0 Å². The first kappa shape index (κ1) is 20.6. The fraction of sp³-hybridized carbons (Fsp3) is 1.00. The zero-order valence-electron chi connectivity index (χ0n) is 13.2. The molecule has 0 aromatic rings. The molecular formula is C16H36ClN. The van der Waals surface area contributed by atoms with Crippen LogP contribution in [0.15, 0.2) is 0 Å². The van der Waals surface area contributed by atoms with E-state index >= 15 is 0 Å². The highest BCUT2D eigenvalue weighted by Gasteiger charge is 2.12. The van der Waals surface area contributed by atoms with Crippen LogP contribution in [0.2, 0.25) is 0 Å². The summed E-state index contributed by atoms with van der Waals surface area (Å²) < 4.78 is 0. The molecule has 0 saturated carbocycles. The van der Waals surface area contributed by atoms with Crippen LogP contribution in [0.3, 0.4) is 0 Å². The zero-order chi connectivity index (χ0) is 12.9. The van der Waals surface area contributed by atoms with E-state index in [1.165, 1.54) is 70.9 Å². The van der Waals surface area contributed by atoms with Gasteiger partial charge in [0.25, 0.3) is 0 Å². The summed E-state index contributed by atoms with van der Waals surface area (Å²) in [7, 11) is 0. The second-order valence-electron chi connectivity index (χ2n) is 5.19. The van der Waals surface area contributed by atoms with Gasteiger partial charge in [-0.3, -0.25) is 0 Å². The molecule has 0 aliphatic heterocycles. The third kappa shape index (κ3) is 10.2. The van der Waals surface area contributed by atoms with E-state index in [9.17, 15) is 0 Å². The normalized spacial score (nSPS) is 12.5. The van der Waals surface area contributed by atoms with Crippen molar-refractivity contribution in [1.29, 1.82) is 0 Å². The third-order valence-corrected chi connectivity index (χ3v) is 3.94. The smallest absolute Gasteiger partial charge is 0.00924 e. The van der Waals surface area contributed by atoms with Crippen molar-refractivity contribution in [3.63, 3.8) is 0 Å². The molecule has 0 bridgehead atoms. The molecule has 0 aliphatic carbocycles. The van der Waals surface area contributed by atoms with Gasteiger partial charge < -0.3 is 4.90 Å². The van der Waals surface area contributed by atoms with Crippen LogP contribution in [-0.2, 0) is 0 Å². The van der Waals surface area contributed by atoms with Crippen molar-refractivity contribution < 1.29 is 0 Å². The molecular weight excluding hydrogens is 242 g/mol. The summed E-state index contributed by atoms with van der Waals surface area (Å²) in [5, 5.41) is 0. The first-order valence-electron chi connectivity index (χ1n) is 8.04. The lowest BCUT2D eigenvalue weighted by atomic mass is 10.0. The molecule has 112 valence electrons. The summed E-state index contributed by atoms with van der Waals surface area (Å²) in [6.07, 6.45) is 12.7. The second kappa shape index (κ2) is 15.3. The van der Waals surface area contributed by atoms with E-state index in [4.69, 9.17) is 0 Å². The Kier molecular flexibility index (Phi) is 17.5. The molecule has 1 unspecified atom stereocenters. The van der Waals surface area contributed by atoms with Crippen LogP contribution in [-0.4, -0.2) is 24.0 Å². The molecule has 0 spiro atoms. The molecule has 0 heterocycles. The number of unbranched alkanes of at least 4 members (excludes halogenated alkanes) is 6. The molecule has 0 saturated heterocycles. The lowest BCUT2D eigenvalue weighted by Crippen LogP contribution is -2.34. The van der Waals surface area contributed by atoms with Gasteiger partial charge >= 0.3 is 0 Å². The van der Waals surface area contributed by atoms with Crippen LogP contribution in [0.5, 0.6) is 0 Å². The highest BCUT2D eigenvalue weighted by molar-refractivity contribution is 5.85. The summed E-state index contributed by atoms with van der Waals surface area (Å²) in [6, 6.07) is 0.834. The van der Waals surface area contributed by atoms with Crippen molar-refractivity contribution >= 4 is 12.4 Å². The van der Waals surface area contributed by atoms with Crippen LogP contribution in [0.25, 0.3) is 0 Å². The van der Waals surface area contributed by atoms with Crippen LogP contribution >= 0.6 is 12.4 Å². The average molecular weight is 278 g/mol. The Bertz CT molecular complexity index is 146. The predicted molar refractivity (Wildman–Crippen MR) is 86.9 cm³/mol. The zero-order valence-corrected chi connectivity index (χ0v) is 14.0. The Morgan fingerprint density at radius 2 is 1.22 bits per heavy atom. The molecule has 1 atom stereocenters. The van der Waals surface area contributed by atoms with Crippen LogP contribution in [0, 0.1) is 0 Å². The van der Waals surface area contributed by atoms with Crippen molar-refractivity contribution in [2.75, 3.05) is 13.1 Å². The lowest BCUT2D eigenvalue weighted by molar-refractivity contribution is 0.196. The Hall–Kier alpha value is 0.250. The molecule has 0 radical (unpaired) electrons. The molecule has 0 aromatic heterocycles. The summed E-state index contributed by atoms with van der Waals surface area (Å²) >= 11 is 0. The molecule has 1 nitrogen and oxygen atoms in total. The van der Waals surface area contributed by atoms with Gasteiger partial charge in [0.15, 0.2) is 0 Å². The van der Waals surface area contributed by atoms with Crippen LogP contribution in [0.1, 0.15) is 85.5 Å². The molecule has 18 heavy (non-hydrogen) atoms. The minimum atomic E-state index is 0. The van der Waals surface area contributed by atoms with Gasteiger partial charge in [0.2, 0.25) is 0 Å². The Morgan fingerprint density at radius 3 is 1.67 bits per heavy atom. The molecule has 0 aromatic carbocycles. The maximum atomic E-state index is 2.62. The van der Waals surface area contributed by atoms with Gasteiger partial charge in [-0.2, -0.15) is 0 Å². The van der Waals surface area contributed by atoms with Gasteiger partial charge in [-0.25, -0.2) is 0 Å². The van der Waals surface area contributed by atoms with E-state index < -0.39 is 0 Å². The van der Waals surface area contributed by atoms with Crippen LogP contribution in [0.4, 0.5) is 0 Å². The quantitative estimate of drug-likeness (QED) is 0.416. The van der Waals surface area contributed by atoms with Gasteiger partial charge in [0, 0.05) is 6.04 Å². The summed E-state index contributed by atoms with van der Waals surface area (Å²) in [5.41, 5.74) is 0.